The summed E-state index contributed by atoms with van der Waals surface area (Å²) in [7, 11) is -1.67. The normalized spacial score (nSPS) is 11.5. The molecule has 0 radical (unpaired) electrons. The zero-order chi connectivity index (χ0) is 19.3. The predicted octanol–water partition coefficient (Wildman–Crippen LogP) is 3.27. The maximum atomic E-state index is 12.5. The van der Waals surface area contributed by atoms with E-state index in [2.05, 4.69) is 10.2 Å². The van der Waals surface area contributed by atoms with Crippen LogP contribution in [0.5, 0.6) is 5.75 Å². The Morgan fingerprint density at radius 2 is 1.85 bits per heavy atom. The molecule has 0 atom stereocenters. The van der Waals surface area contributed by atoms with Crippen LogP contribution in [0.2, 0.25) is 0 Å². The smallest absolute Gasteiger partial charge is 0.191 e. The molecule has 6 nitrogen and oxygen atoms in total. The minimum Gasteiger partial charge on any atom is -0.493 e. The van der Waals surface area contributed by atoms with Crippen LogP contribution in [0, 0.1) is 6.92 Å². The van der Waals surface area contributed by atoms with Crippen molar-refractivity contribution in [2.24, 2.45) is 7.05 Å². The first kappa shape index (κ1) is 19.4. The van der Waals surface area contributed by atoms with Crippen LogP contribution in [-0.4, -0.2) is 35.5 Å². The zero-order valence-electron chi connectivity index (χ0n) is 15.2. The first-order valence-electron chi connectivity index (χ1n) is 8.44. The number of hydrogen-bond donors (Lipinski definition) is 0. The molecular weight excluding hydrogens is 382 g/mol. The van der Waals surface area contributed by atoms with Crippen LogP contribution in [0.3, 0.4) is 0 Å². The van der Waals surface area contributed by atoms with E-state index in [0.29, 0.717) is 23.3 Å². The fraction of sp³-hybridized carbons (Fsp3) is 0.263. The number of ether oxygens (including phenoxy) is 1. The molecule has 0 unspecified atom stereocenters. The van der Waals surface area contributed by atoms with Crippen LogP contribution in [-0.2, 0) is 22.6 Å². The van der Waals surface area contributed by atoms with Gasteiger partial charge in [0.2, 0.25) is 0 Å². The summed E-state index contributed by atoms with van der Waals surface area (Å²) in [5.74, 6) is 1.76. The van der Waals surface area contributed by atoms with Gasteiger partial charge >= 0.3 is 0 Å². The molecule has 3 aromatic rings. The predicted molar refractivity (Wildman–Crippen MR) is 106 cm³/mol. The van der Waals surface area contributed by atoms with Crippen LogP contribution in [0.1, 0.15) is 11.4 Å². The van der Waals surface area contributed by atoms with Gasteiger partial charge in [0.15, 0.2) is 15.0 Å². The highest BCUT2D eigenvalue weighted by atomic mass is 32.2. The summed E-state index contributed by atoms with van der Waals surface area (Å²) in [6, 6.07) is 16.3. The molecule has 0 N–H and O–H groups in total. The van der Waals surface area contributed by atoms with Crippen LogP contribution >= 0.6 is 11.8 Å². The zero-order valence-corrected chi connectivity index (χ0v) is 16.8. The lowest BCUT2D eigenvalue weighted by atomic mass is 10.2. The summed E-state index contributed by atoms with van der Waals surface area (Å²) in [4.78, 5) is 0.286. The van der Waals surface area contributed by atoms with Gasteiger partial charge in [0, 0.05) is 12.8 Å². The van der Waals surface area contributed by atoms with E-state index >= 15 is 0 Å². The number of nitrogens with zero attached hydrogens (tertiary/aromatic N) is 3. The van der Waals surface area contributed by atoms with Gasteiger partial charge in [-0.3, -0.25) is 0 Å². The van der Waals surface area contributed by atoms with Crippen molar-refractivity contribution in [2.75, 3.05) is 12.4 Å². The Morgan fingerprint density at radius 1 is 1.07 bits per heavy atom. The van der Waals surface area contributed by atoms with Crippen molar-refractivity contribution in [2.45, 2.75) is 22.7 Å². The van der Waals surface area contributed by atoms with Gasteiger partial charge in [0.1, 0.15) is 17.3 Å². The Bertz CT molecular complexity index is 1000. The number of aryl methyl sites for hydroxylation is 1. The summed E-state index contributed by atoms with van der Waals surface area (Å²) in [6.07, 6.45) is 0. The van der Waals surface area contributed by atoms with Crippen molar-refractivity contribution in [3.63, 3.8) is 0 Å². The Labute approximate surface area is 163 Å². The molecule has 3 rings (SSSR count). The topological polar surface area (TPSA) is 74.1 Å². The van der Waals surface area contributed by atoms with Gasteiger partial charge in [-0.25, -0.2) is 8.42 Å². The van der Waals surface area contributed by atoms with E-state index in [4.69, 9.17) is 4.74 Å². The fourth-order valence-corrected chi connectivity index (χ4v) is 4.55. The molecule has 0 saturated heterocycles. The maximum absolute atomic E-state index is 12.5. The van der Waals surface area contributed by atoms with Crippen molar-refractivity contribution < 1.29 is 13.2 Å². The lowest BCUT2D eigenvalue weighted by molar-refractivity contribution is 0.343. The monoisotopic (exact) mass is 403 g/mol. The maximum Gasteiger partial charge on any atom is 0.191 e. The van der Waals surface area contributed by atoms with E-state index in [-0.39, 0.29) is 10.6 Å². The summed E-state index contributed by atoms with van der Waals surface area (Å²) in [6.45, 7) is 2.55. The summed E-state index contributed by atoms with van der Waals surface area (Å²) < 4.78 is 32.4. The minimum atomic E-state index is -3.45. The molecular formula is C19H21N3O3S2. The van der Waals surface area contributed by atoms with Crippen molar-refractivity contribution in [1.82, 2.24) is 14.8 Å². The molecule has 0 aliphatic heterocycles. The van der Waals surface area contributed by atoms with E-state index in [1.165, 1.54) is 11.8 Å². The number of rotatable bonds is 8. The first-order chi connectivity index (χ1) is 13.0. The number of benzene rings is 2. The lowest BCUT2D eigenvalue weighted by Crippen LogP contribution is -2.10. The Balaban J connectivity index is 1.57. The molecule has 0 saturated carbocycles. The van der Waals surface area contributed by atoms with E-state index < -0.39 is 9.84 Å². The largest absolute Gasteiger partial charge is 0.493 e. The van der Waals surface area contributed by atoms with E-state index in [9.17, 15) is 8.42 Å². The molecule has 142 valence electrons. The Morgan fingerprint density at radius 3 is 2.59 bits per heavy atom. The van der Waals surface area contributed by atoms with E-state index in [1.807, 2.05) is 31.2 Å². The molecule has 2 aromatic carbocycles. The third-order valence-electron chi connectivity index (χ3n) is 3.92. The van der Waals surface area contributed by atoms with Crippen molar-refractivity contribution in [3.05, 3.63) is 66.0 Å². The number of aromatic nitrogens is 3. The molecule has 0 bridgehead atoms. The average Bonchev–Trinajstić information content (AvgIpc) is 2.99. The highest BCUT2D eigenvalue weighted by Crippen LogP contribution is 2.20. The lowest BCUT2D eigenvalue weighted by Gasteiger charge is -2.07. The summed E-state index contributed by atoms with van der Waals surface area (Å²) >= 11 is 1.48. The van der Waals surface area contributed by atoms with Crippen LogP contribution in [0.15, 0.2) is 64.6 Å². The van der Waals surface area contributed by atoms with Crippen molar-refractivity contribution >= 4 is 21.6 Å². The molecule has 8 heteroatoms. The average molecular weight is 404 g/mol. The third-order valence-corrected chi connectivity index (χ3v) is 6.53. The van der Waals surface area contributed by atoms with Gasteiger partial charge in [-0.1, -0.05) is 42.1 Å². The number of hydrogen-bond acceptors (Lipinski definition) is 6. The van der Waals surface area contributed by atoms with Gasteiger partial charge < -0.3 is 9.30 Å². The Kier molecular flexibility index (Phi) is 6.18. The number of sulfone groups is 1. The van der Waals surface area contributed by atoms with Crippen molar-refractivity contribution in [3.8, 4) is 5.75 Å². The number of thioether (sulfide) groups is 1. The first-order valence-corrected chi connectivity index (χ1v) is 11.1. The standard InChI is InChI=1S/C19H21N3O3S2/c1-15-7-6-8-16(13-15)25-11-12-26-19-21-20-18(22(19)2)14-27(23,24)17-9-4-3-5-10-17/h3-10,13H,11-12,14H2,1-2H3. The second-order valence-corrected chi connectivity index (χ2v) is 9.10. The minimum absolute atomic E-state index is 0.180. The van der Waals surface area contributed by atoms with Gasteiger partial charge in [0.05, 0.1) is 11.5 Å². The quantitative estimate of drug-likeness (QED) is 0.424. The molecule has 0 aliphatic carbocycles. The van der Waals surface area contributed by atoms with Gasteiger partial charge in [-0.15, -0.1) is 10.2 Å². The Hall–Kier alpha value is -2.32. The third kappa shape index (κ3) is 5.11. The molecule has 0 aliphatic rings. The van der Waals surface area contributed by atoms with Crippen LogP contribution in [0.4, 0.5) is 0 Å². The molecule has 1 heterocycles. The van der Waals surface area contributed by atoms with E-state index in [1.54, 1.807) is 41.9 Å². The SMILES string of the molecule is Cc1cccc(OCCSc2nnc(CS(=O)(=O)c3ccccc3)n2C)c1. The summed E-state index contributed by atoms with van der Waals surface area (Å²) in [5, 5.41) is 8.82. The van der Waals surface area contributed by atoms with E-state index in [0.717, 1.165) is 11.3 Å². The highest BCUT2D eigenvalue weighted by molar-refractivity contribution is 7.99. The molecule has 0 spiro atoms. The van der Waals surface area contributed by atoms with Gasteiger partial charge in [-0.2, -0.15) is 0 Å². The van der Waals surface area contributed by atoms with Gasteiger partial charge in [-0.05, 0) is 36.8 Å². The second kappa shape index (κ2) is 8.58. The molecule has 0 fully saturated rings. The van der Waals surface area contributed by atoms with Crippen LogP contribution in [0.25, 0.3) is 0 Å². The van der Waals surface area contributed by atoms with Crippen molar-refractivity contribution in [1.29, 1.82) is 0 Å². The highest BCUT2D eigenvalue weighted by Gasteiger charge is 2.20. The molecule has 27 heavy (non-hydrogen) atoms. The van der Waals surface area contributed by atoms with Gasteiger partial charge in [0.25, 0.3) is 0 Å². The molecule has 1 aromatic heterocycles. The fourth-order valence-electron chi connectivity index (χ4n) is 2.48. The summed E-state index contributed by atoms with van der Waals surface area (Å²) in [5.41, 5.74) is 1.15. The second-order valence-electron chi connectivity index (χ2n) is 6.04. The van der Waals surface area contributed by atoms with Crippen LogP contribution < -0.4 is 4.74 Å². The molecule has 0 amide bonds.